The molecular weight excluding hydrogens is 315 g/mol. The molecule has 0 aliphatic rings. The Morgan fingerprint density at radius 2 is 0.789 bits per heavy atom. The van der Waals surface area contributed by atoms with Crippen LogP contribution in [0.2, 0.25) is 0 Å². The van der Waals surface area contributed by atoms with E-state index in [1.54, 1.807) is 0 Å². The van der Waals surface area contributed by atoms with Crippen molar-refractivity contribution in [2.45, 2.75) is 0 Å². The molecule has 17 heteroatoms. The summed E-state index contributed by atoms with van der Waals surface area (Å²) in [7, 11) is -12.7. The predicted molar refractivity (Wildman–Crippen MR) is 58.7 cm³/mol. The van der Waals surface area contributed by atoms with Crippen molar-refractivity contribution in [2.24, 2.45) is 0 Å². The van der Waals surface area contributed by atoms with Crippen molar-refractivity contribution >= 4 is 35.0 Å². The Labute approximate surface area is 123 Å². The molecule has 0 heterocycles. The number of rotatable bonds is 0. The number of hydrogen-bond donors (Lipinski definition) is 6. The summed E-state index contributed by atoms with van der Waals surface area (Å²) < 4.78 is 72.0. The minimum absolute atomic E-state index is 0. The molecule has 114 valence electrons. The van der Waals surface area contributed by atoms with Crippen LogP contribution in [0.3, 0.4) is 0 Å². The Morgan fingerprint density at radius 1 is 0.789 bits per heavy atom. The first kappa shape index (κ1) is 31.6. The van der Waals surface area contributed by atoms with Gasteiger partial charge in [0.2, 0.25) is 0 Å². The zero-order valence-electron chi connectivity index (χ0n) is 11.0. The Balaban J connectivity index is -0.0000000318. The molecule has 0 amide bonds. The molecule has 0 rings (SSSR count). The molecule has 0 saturated heterocycles. The fraction of sp³-hybridized carbons (Fsp3) is 1.00. The van der Waals surface area contributed by atoms with Gasteiger partial charge in [0.15, 0.2) is 0 Å². The van der Waals surface area contributed by atoms with Gasteiger partial charge in [-0.25, -0.2) is 0 Å². The maximum absolute atomic E-state index is 10.1. The third kappa shape index (κ3) is 78800. The summed E-state index contributed by atoms with van der Waals surface area (Å²) in [5.74, 6) is 0. The second-order valence-electron chi connectivity index (χ2n) is 2.09. The topological polar surface area (TPSA) is 190 Å². The van der Waals surface area contributed by atoms with Crippen molar-refractivity contribution in [1.29, 1.82) is 0 Å². The van der Waals surface area contributed by atoms with Crippen LogP contribution >= 0.6 is 0 Å². The van der Waals surface area contributed by atoms with Gasteiger partial charge < -0.3 is 21.5 Å². The summed E-state index contributed by atoms with van der Waals surface area (Å²) in [6.45, 7) is 0. The number of halogens is 2. The van der Waals surface area contributed by atoms with E-state index in [9.17, 15) is 25.5 Å². The standard InChI is InChI=1S/2CH4O3S.2BFH2O2.Li.H/c2*1-5(2,3)4;2*2-1(3)4;;/h2*1H3,(H,2,3,4);2*3-4H;;/q;;;;+1;-1. The van der Waals surface area contributed by atoms with E-state index in [0.717, 1.165) is 0 Å². The van der Waals surface area contributed by atoms with Crippen LogP contribution in [0.15, 0.2) is 0 Å². The molecule has 0 spiro atoms. The molecule has 6 N–H and O–H groups in total. The van der Waals surface area contributed by atoms with Gasteiger partial charge in [0.05, 0.1) is 12.5 Å². The van der Waals surface area contributed by atoms with E-state index in [4.69, 9.17) is 29.2 Å². The second-order valence-corrected chi connectivity index (χ2v) is 5.02. The molecular formula is C2H13B2F2LiO10S2. The Bertz CT molecular complexity index is 304. The van der Waals surface area contributed by atoms with Crippen molar-refractivity contribution < 1.29 is 75.0 Å². The first-order valence-electron chi connectivity index (χ1n) is 3.32. The maximum Gasteiger partial charge on any atom is 1.00 e. The maximum atomic E-state index is 10.1. The van der Waals surface area contributed by atoms with Gasteiger partial charge in [0.1, 0.15) is 0 Å². The normalized spacial score (nSPS) is 8.95. The predicted octanol–water partition coefficient (Wildman–Crippen LogP) is -6.02. The summed E-state index contributed by atoms with van der Waals surface area (Å²) in [5, 5.41) is 27.8. The van der Waals surface area contributed by atoms with Crippen molar-refractivity contribution in [3.63, 3.8) is 0 Å². The fourth-order valence-electron chi connectivity index (χ4n) is 0. The molecule has 19 heavy (non-hydrogen) atoms. The van der Waals surface area contributed by atoms with Crippen LogP contribution in [0, 0.1) is 0 Å². The molecule has 10 nitrogen and oxygen atoms in total. The Hall–Kier alpha value is 0.247. The van der Waals surface area contributed by atoms with E-state index in [1.165, 1.54) is 0 Å². The summed E-state index contributed by atoms with van der Waals surface area (Å²) in [6.07, 6.45) is 1.43. The van der Waals surface area contributed by atoms with E-state index < -0.39 is 35.0 Å². The Morgan fingerprint density at radius 3 is 0.789 bits per heavy atom. The van der Waals surface area contributed by atoms with E-state index in [0.29, 0.717) is 12.5 Å². The third-order valence-electron chi connectivity index (χ3n) is 0. The van der Waals surface area contributed by atoms with Crippen LogP contribution in [-0.2, 0) is 20.2 Å². The average Bonchev–Trinajstić information content (AvgIpc) is 1.70. The molecule has 0 fully saturated rings. The van der Waals surface area contributed by atoms with Crippen molar-refractivity contribution in [3.8, 4) is 0 Å². The van der Waals surface area contributed by atoms with Crippen molar-refractivity contribution in [2.75, 3.05) is 12.5 Å². The molecule has 0 aliphatic heterocycles. The van der Waals surface area contributed by atoms with E-state index in [2.05, 4.69) is 0 Å². The van der Waals surface area contributed by atoms with Crippen LogP contribution in [0.5, 0.6) is 0 Å². The van der Waals surface area contributed by atoms with Gasteiger partial charge in [-0.1, -0.05) is 0 Å². The number of hydrogen-bond acceptors (Lipinski definition) is 8. The van der Waals surface area contributed by atoms with Gasteiger partial charge in [-0.05, 0) is 0 Å². The molecule has 0 aromatic rings. The minimum Gasteiger partial charge on any atom is -1.00 e. The first-order valence-corrected chi connectivity index (χ1v) is 7.01. The van der Waals surface area contributed by atoms with Gasteiger partial charge in [0, 0.05) is 0 Å². The summed E-state index contributed by atoms with van der Waals surface area (Å²) in [6, 6.07) is 0. The van der Waals surface area contributed by atoms with Gasteiger partial charge in [-0.2, -0.15) is 16.8 Å². The molecule has 0 bridgehead atoms. The summed E-state index contributed by atoms with van der Waals surface area (Å²) >= 11 is 0. The Kier molecular flexibility index (Phi) is 27.1. The quantitative estimate of drug-likeness (QED) is 0.184. The monoisotopic (exact) mass is 328 g/mol. The van der Waals surface area contributed by atoms with Crippen LogP contribution in [0.1, 0.15) is 1.43 Å². The van der Waals surface area contributed by atoms with E-state index >= 15 is 0 Å². The molecule has 0 atom stereocenters. The van der Waals surface area contributed by atoms with Crippen molar-refractivity contribution in [3.05, 3.63) is 0 Å². The average molecular weight is 328 g/mol. The van der Waals surface area contributed by atoms with Gasteiger partial charge >= 0.3 is 33.7 Å². The molecule has 0 unspecified atom stereocenters. The molecule has 0 aromatic heterocycles. The molecule has 0 aliphatic carbocycles. The second kappa shape index (κ2) is 16.3. The summed E-state index contributed by atoms with van der Waals surface area (Å²) in [4.78, 5) is 0. The fourth-order valence-corrected chi connectivity index (χ4v) is 0. The molecule has 0 saturated carbocycles. The first-order chi connectivity index (χ1) is 7.46. The van der Waals surface area contributed by atoms with E-state index in [-0.39, 0.29) is 20.3 Å². The van der Waals surface area contributed by atoms with Crippen LogP contribution in [-0.4, -0.2) is 73.3 Å². The van der Waals surface area contributed by atoms with Gasteiger partial charge in [-0.3, -0.25) is 17.7 Å². The van der Waals surface area contributed by atoms with Crippen molar-refractivity contribution in [1.82, 2.24) is 0 Å². The van der Waals surface area contributed by atoms with Crippen LogP contribution < -0.4 is 18.9 Å². The SMILES string of the molecule is CS(=O)(=O)O.CS(=O)(=O)O.OB(O)F.OB(O)F.[H-].[Li+]. The zero-order chi connectivity index (χ0) is 16.2. The van der Waals surface area contributed by atoms with E-state index in [1.807, 2.05) is 0 Å². The molecule has 0 radical (unpaired) electrons. The van der Waals surface area contributed by atoms with Crippen LogP contribution in [0.25, 0.3) is 0 Å². The van der Waals surface area contributed by atoms with Gasteiger partial charge in [0.25, 0.3) is 20.2 Å². The minimum atomic E-state index is -3.67. The molecule has 0 aromatic carbocycles. The third-order valence-corrected chi connectivity index (χ3v) is 0. The zero-order valence-corrected chi connectivity index (χ0v) is 11.7. The smallest absolute Gasteiger partial charge is 1.00 e. The largest absolute Gasteiger partial charge is 1.00 e. The van der Waals surface area contributed by atoms with Gasteiger partial charge in [-0.15, -0.1) is 0 Å². The van der Waals surface area contributed by atoms with Crippen LogP contribution in [0.4, 0.5) is 8.63 Å². The summed E-state index contributed by atoms with van der Waals surface area (Å²) in [5.41, 5.74) is 0.